The zero-order valence-corrected chi connectivity index (χ0v) is 12.2. The van der Waals surface area contributed by atoms with Crippen molar-refractivity contribution in [3.05, 3.63) is 35.6 Å². The summed E-state index contributed by atoms with van der Waals surface area (Å²) < 4.78 is 13.2. The average molecular weight is 293 g/mol. The fourth-order valence-corrected chi connectivity index (χ4v) is 3.03. The van der Waals surface area contributed by atoms with Gasteiger partial charge in [-0.25, -0.2) is 4.39 Å². The molecule has 0 heterocycles. The Morgan fingerprint density at radius 1 is 1.33 bits per heavy atom. The van der Waals surface area contributed by atoms with E-state index in [9.17, 15) is 19.1 Å². The van der Waals surface area contributed by atoms with Gasteiger partial charge in [0.15, 0.2) is 0 Å². The lowest BCUT2D eigenvalue weighted by atomic mass is 9.94. The van der Waals surface area contributed by atoms with E-state index in [4.69, 9.17) is 0 Å². The molecule has 1 aromatic rings. The van der Waals surface area contributed by atoms with Crippen molar-refractivity contribution >= 4 is 11.9 Å². The van der Waals surface area contributed by atoms with E-state index in [-0.39, 0.29) is 23.7 Å². The van der Waals surface area contributed by atoms with Gasteiger partial charge in [-0.15, -0.1) is 0 Å². The molecule has 0 saturated heterocycles. The van der Waals surface area contributed by atoms with Crippen LogP contribution in [-0.2, 0) is 9.59 Å². The molecule has 1 saturated carbocycles. The highest BCUT2D eigenvalue weighted by molar-refractivity contribution is 5.85. The van der Waals surface area contributed by atoms with Crippen molar-refractivity contribution in [2.75, 3.05) is 0 Å². The Bertz CT molecular complexity index is 546. The molecule has 2 N–H and O–H groups in total. The summed E-state index contributed by atoms with van der Waals surface area (Å²) in [6.45, 7) is 3.72. The lowest BCUT2D eigenvalue weighted by Gasteiger charge is -2.20. The van der Waals surface area contributed by atoms with E-state index in [0.29, 0.717) is 18.4 Å². The van der Waals surface area contributed by atoms with Crippen LogP contribution in [0.25, 0.3) is 0 Å². The van der Waals surface area contributed by atoms with Gasteiger partial charge in [0.05, 0.1) is 17.9 Å². The minimum atomic E-state index is -0.919. The first kappa shape index (κ1) is 15.5. The van der Waals surface area contributed by atoms with Crippen LogP contribution in [0.4, 0.5) is 4.39 Å². The highest BCUT2D eigenvalue weighted by atomic mass is 19.1. The second-order valence-corrected chi connectivity index (χ2v) is 5.91. The number of amides is 1. The van der Waals surface area contributed by atoms with Gasteiger partial charge in [-0.1, -0.05) is 19.1 Å². The van der Waals surface area contributed by atoms with E-state index in [0.717, 1.165) is 0 Å². The van der Waals surface area contributed by atoms with E-state index in [1.807, 2.05) is 6.92 Å². The van der Waals surface area contributed by atoms with Crippen LogP contribution in [0, 0.1) is 23.6 Å². The molecule has 2 rings (SSSR count). The van der Waals surface area contributed by atoms with Gasteiger partial charge in [0, 0.05) is 0 Å². The lowest BCUT2D eigenvalue weighted by Crippen LogP contribution is -2.36. The second kappa shape index (κ2) is 6.24. The molecule has 1 fully saturated rings. The molecule has 4 atom stereocenters. The minimum absolute atomic E-state index is 0.228. The summed E-state index contributed by atoms with van der Waals surface area (Å²) in [4.78, 5) is 23.5. The maximum absolute atomic E-state index is 13.2. The number of hydrogen-bond acceptors (Lipinski definition) is 2. The van der Waals surface area contributed by atoms with Gasteiger partial charge >= 0.3 is 5.97 Å². The quantitative estimate of drug-likeness (QED) is 0.897. The van der Waals surface area contributed by atoms with Crippen molar-refractivity contribution < 1.29 is 19.1 Å². The summed E-state index contributed by atoms with van der Waals surface area (Å²) in [7, 11) is 0. The van der Waals surface area contributed by atoms with Gasteiger partial charge in [-0.2, -0.15) is 0 Å². The number of rotatable bonds is 4. The molecule has 4 unspecified atom stereocenters. The number of nitrogens with one attached hydrogen (secondary N) is 1. The summed E-state index contributed by atoms with van der Waals surface area (Å²) >= 11 is 0. The van der Waals surface area contributed by atoms with Crippen LogP contribution in [0.15, 0.2) is 24.3 Å². The van der Waals surface area contributed by atoms with Crippen molar-refractivity contribution in [1.29, 1.82) is 0 Å². The number of hydrogen-bond donors (Lipinski definition) is 2. The first-order chi connectivity index (χ1) is 9.88. The van der Waals surface area contributed by atoms with Crippen LogP contribution in [0.1, 0.15) is 38.3 Å². The van der Waals surface area contributed by atoms with Crippen LogP contribution in [0.3, 0.4) is 0 Å². The van der Waals surface area contributed by atoms with Crippen LogP contribution >= 0.6 is 0 Å². The summed E-state index contributed by atoms with van der Waals surface area (Å²) in [5.74, 6) is -2.44. The zero-order valence-electron chi connectivity index (χ0n) is 12.2. The zero-order chi connectivity index (χ0) is 15.6. The van der Waals surface area contributed by atoms with Crippen molar-refractivity contribution in [3.8, 4) is 0 Å². The second-order valence-electron chi connectivity index (χ2n) is 5.91. The van der Waals surface area contributed by atoms with Crippen molar-refractivity contribution in [3.63, 3.8) is 0 Å². The van der Waals surface area contributed by atoms with Crippen LogP contribution in [-0.4, -0.2) is 17.0 Å². The molecule has 114 valence electrons. The molecule has 1 aliphatic carbocycles. The maximum Gasteiger partial charge on any atom is 0.307 e. The smallest absolute Gasteiger partial charge is 0.307 e. The Morgan fingerprint density at radius 3 is 2.62 bits per heavy atom. The van der Waals surface area contributed by atoms with Crippen LogP contribution in [0.2, 0.25) is 0 Å². The van der Waals surface area contributed by atoms with Gasteiger partial charge in [0.1, 0.15) is 5.82 Å². The molecule has 0 aromatic heterocycles. The molecule has 0 radical (unpaired) electrons. The first-order valence-electron chi connectivity index (χ1n) is 7.17. The topological polar surface area (TPSA) is 66.4 Å². The number of carbonyl (C=O) groups excluding carboxylic acids is 1. The fourth-order valence-electron chi connectivity index (χ4n) is 3.03. The normalized spacial score (nSPS) is 26.3. The Balaban J connectivity index is 2.05. The highest BCUT2D eigenvalue weighted by Gasteiger charge is 2.41. The Hall–Kier alpha value is -1.91. The lowest BCUT2D eigenvalue weighted by molar-refractivity contribution is -0.146. The summed E-state index contributed by atoms with van der Waals surface area (Å²) in [5, 5.41) is 12.0. The van der Waals surface area contributed by atoms with Crippen LogP contribution in [0.5, 0.6) is 0 Å². The van der Waals surface area contributed by atoms with Gasteiger partial charge in [-0.3, -0.25) is 9.59 Å². The number of carboxylic acid groups (broad SMARTS) is 1. The van der Waals surface area contributed by atoms with E-state index < -0.39 is 17.8 Å². The average Bonchev–Trinajstić information content (AvgIpc) is 2.81. The maximum atomic E-state index is 13.2. The monoisotopic (exact) mass is 293 g/mol. The minimum Gasteiger partial charge on any atom is -0.481 e. The van der Waals surface area contributed by atoms with Gasteiger partial charge in [-0.05, 0) is 43.4 Å². The number of carboxylic acids is 1. The molecule has 1 aliphatic rings. The third-order valence-corrected chi connectivity index (χ3v) is 4.16. The number of carbonyl (C=O) groups is 2. The number of halogens is 1. The molecule has 0 aliphatic heterocycles. The van der Waals surface area contributed by atoms with Gasteiger partial charge in [0.2, 0.25) is 5.91 Å². The van der Waals surface area contributed by atoms with E-state index >= 15 is 0 Å². The van der Waals surface area contributed by atoms with E-state index in [1.54, 1.807) is 19.1 Å². The van der Waals surface area contributed by atoms with E-state index in [1.165, 1.54) is 12.1 Å². The molecule has 0 bridgehead atoms. The molecule has 4 nitrogen and oxygen atoms in total. The van der Waals surface area contributed by atoms with Gasteiger partial charge < -0.3 is 10.4 Å². The molecule has 5 heteroatoms. The predicted octanol–water partition coefficient (Wildman–Crippen LogP) is 2.75. The van der Waals surface area contributed by atoms with Crippen molar-refractivity contribution in [1.82, 2.24) is 5.32 Å². The summed E-state index contributed by atoms with van der Waals surface area (Å²) in [5.41, 5.74) is 0.668. The third-order valence-electron chi connectivity index (χ3n) is 4.16. The third kappa shape index (κ3) is 3.60. The summed E-state index contributed by atoms with van der Waals surface area (Å²) in [6, 6.07) is 5.69. The Kier molecular flexibility index (Phi) is 4.60. The molecular formula is C16H20FNO3. The SMILES string of the molecule is CC1CC(C(=O)O)C(C(=O)NC(C)c2cccc(F)c2)C1. The molecule has 21 heavy (non-hydrogen) atoms. The van der Waals surface area contributed by atoms with E-state index in [2.05, 4.69) is 5.32 Å². The van der Waals surface area contributed by atoms with Crippen molar-refractivity contribution in [2.24, 2.45) is 17.8 Å². The summed E-state index contributed by atoms with van der Waals surface area (Å²) in [6.07, 6.45) is 1.11. The number of aliphatic carboxylic acids is 1. The molecule has 1 aromatic carbocycles. The Labute approximate surface area is 123 Å². The predicted molar refractivity (Wildman–Crippen MR) is 76.0 cm³/mol. The molecule has 1 amide bonds. The Morgan fingerprint density at radius 2 is 2.00 bits per heavy atom. The first-order valence-corrected chi connectivity index (χ1v) is 7.17. The molecule has 0 spiro atoms. The molecular weight excluding hydrogens is 273 g/mol. The largest absolute Gasteiger partial charge is 0.481 e. The van der Waals surface area contributed by atoms with Crippen LogP contribution < -0.4 is 5.32 Å². The highest BCUT2D eigenvalue weighted by Crippen LogP contribution is 2.36. The van der Waals surface area contributed by atoms with Crippen molar-refractivity contribution in [2.45, 2.75) is 32.7 Å². The van der Waals surface area contributed by atoms with Gasteiger partial charge in [0.25, 0.3) is 0 Å². The standard InChI is InChI=1S/C16H20FNO3/c1-9-6-13(14(7-9)16(20)21)15(19)18-10(2)11-4-3-5-12(17)8-11/h3-5,8-10,13-14H,6-7H2,1-2H3,(H,18,19)(H,20,21). The number of benzene rings is 1. The fraction of sp³-hybridized carbons (Fsp3) is 0.500.